The summed E-state index contributed by atoms with van der Waals surface area (Å²) in [5.74, 6) is 0. The molecule has 0 aliphatic carbocycles. The second-order valence-corrected chi connectivity index (χ2v) is 1.50. The van der Waals surface area contributed by atoms with E-state index < -0.39 is 6.08 Å². The topological polar surface area (TPSA) is 23.5 Å². The van der Waals surface area contributed by atoms with E-state index in [2.05, 4.69) is 0 Å². The van der Waals surface area contributed by atoms with Crippen molar-refractivity contribution in [2.75, 3.05) is 13.1 Å². The van der Waals surface area contributed by atoms with E-state index in [1.165, 1.54) is 0 Å². The average Bonchev–Trinajstić information content (AvgIpc) is 1.83. The Kier molecular flexibility index (Phi) is 4.17. The lowest BCUT2D eigenvalue weighted by Crippen LogP contribution is -2.17. The minimum atomic E-state index is -1.76. The Labute approximate surface area is 52.3 Å². The number of hydrogen-bond donors (Lipinski definition) is 1. The second kappa shape index (κ2) is 4.40. The summed E-state index contributed by atoms with van der Waals surface area (Å²) < 4.78 is 22.5. The van der Waals surface area contributed by atoms with Crippen LogP contribution in [0.2, 0.25) is 0 Å². The number of likely N-dealkylation sites (N-methyl/N-ethyl adjacent to an activating group) is 1. The van der Waals surface area contributed by atoms with E-state index in [9.17, 15) is 8.78 Å². The predicted molar refractivity (Wildman–Crippen MR) is 29.3 cm³/mol. The molecule has 0 rings (SSSR count). The van der Waals surface area contributed by atoms with E-state index in [-0.39, 0.29) is 6.54 Å². The Morgan fingerprint density at radius 1 is 1.67 bits per heavy atom. The third kappa shape index (κ3) is 5.39. The number of hydrogen-bond acceptors (Lipinski definition) is 2. The molecule has 0 saturated carbocycles. The monoisotopic (exact) mass is 137 g/mol. The van der Waals surface area contributed by atoms with Gasteiger partial charge in [0.15, 0.2) is 0 Å². The van der Waals surface area contributed by atoms with Gasteiger partial charge >= 0.3 is 0 Å². The first-order valence-electron chi connectivity index (χ1n) is 2.61. The Bertz CT molecular complexity index is 101. The van der Waals surface area contributed by atoms with E-state index in [1.54, 1.807) is 6.92 Å². The molecule has 0 amide bonds. The van der Waals surface area contributed by atoms with Crippen LogP contribution in [0.5, 0.6) is 0 Å². The maximum atomic E-state index is 11.3. The maximum absolute atomic E-state index is 11.3. The van der Waals surface area contributed by atoms with E-state index in [0.717, 1.165) is 5.06 Å². The Balaban J connectivity index is 3.37. The van der Waals surface area contributed by atoms with Crippen LogP contribution in [0.3, 0.4) is 0 Å². The number of rotatable bonds is 3. The van der Waals surface area contributed by atoms with Crippen LogP contribution in [0.4, 0.5) is 8.78 Å². The zero-order valence-electron chi connectivity index (χ0n) is 5.14. The Morgan fingerprint density at radius 2 is 2.22 bits per heavy atom. The average molecular weight is 137 g/mol. The minimum absolute atomic E-state index is 0.112. The fourth-order valence-corrected chi connectivity index (χ4v) is 0.303. The first kappa shape index (κ1) is 8.52. The zero-order valence-corrected chi connectivity index (χ0v) is 5.14. The summed E-state index contributed by atoms with van der Waals surface area (Å²) in [6, 6.07) is 0. The molecule has 0 aliphatic rings. The predicted octanol–water partition coefficient (Wildman–Crippen LogP) is 1.48. The third-order valence-electron chi connectivity index (χ3n) is 0.821. The van der Waals surface area contributed by atoms with Gasteiger partial charge < -0.3 is 5.21 Å². The summed E-state index contributed by atoms with van der Waals surface area (Å²) in [7, 11) is 0. The lowest BCUT2D eigenvalue weighted by Gasteiger charge is -2.06. The molecule has 0 fully saturated rings. The van der Waals surface area contributed by atoms with Crippen molar-refractivity contribution in [2.45, 2.75) is 6.92 Å². The normalized spacial score (nSPS) is 9.89. The summed E-state index contributed by atoms with van der Waals surface area (Å²) in [5.41, 5.74) is 0. The van der Waals surface area contributed by atoms with Crippen molar-refractivity contribution in [2.24, 2.45) is 0 Å². The zero-order chi connectivity index (χ0) is 7.28. The van der Waals surface area contributed by atoms with Gasteiger partial charge in [0.1, 0.15) is 0 Å². The van der Waals surface area contributed by atoms with Crippen molar-refractivity contribution in [1.29, 1.82) is 0 Å². The summed E-state index contributed by atoms with van der Waals surface area (Å²) in [6.07, 6.45) is -1.11. The van der Waals surface area contributed by atoms with Gasteiger partial charge in [-0.05, 0) is 6.08 Å². The van der Waals surface area contributed by atoms with Crippen LogP contribution in [-0.2, 0) is 0 Å². The van der Waals surface area contributed by atoms with Crippen LogP contribution in [-0.4, -0.2) is 23.4 Å². The van der Waals surface area contributed by atoms with Gasteiger partial charge in [0.2, 0.25) is 0 Å². The van der Waals surface area contributed by atoms with Crippen LogP contribution in [0.1, 0.15) is 6.92 Å². The van der Waals surface area contributed by atoms with E-state index in [4.69, 9.17) is 5.21 Å². The molecule has 0 aromatic rings. The molecular formula is C5H9F2NO. The van der Waals surface area contributed by atoms with Gasteiger partial charge in [-0.1, -0.05) is 6.92 Å². The standard InChI is InChI=1S/C5H9F2NO/c1-2-8(9)4-3-5(6)7/h3,9H,2,4H2,1H3. The van der Waals surface area contributed by atoms with Crippen molar-refractivity contribution < 1.29 is 14.0 Å². The van der Waals surface area contributed by atoms with Gasteiger partial charge in [-0.3, -0.25) is 0 Å². The van der Waals surface area contributed by atoms with Crippen LogP contribution in [0, 0.1) is 0 Å². The molecule has 0 spiro atoms. The third-order valence-corrected chi connectivity index (χ3v) is 0.821. The molecule has 9 heavy (non-hydrogen) atoms. The second-order valence-electron chi connectivity index (χ2n) is 1.50. The first-order valence-corrected chi connectivity index (χ1v) is 2.61. The molecule has 0 aliphatic heterocycles. The highest BCUT2D eigenvalue weighted by atomic mass is 19.3. The van der Waals surface area contributed by atoms with Crippen LogP contribution in [0.15, 0.2) is 12.2 Å². The molecule has 0 heterocycles. The van der Waals surface area contributed by atoms with Gasteiger partial charge in [0, 0.05) is 13.1 Å². The molecule has 0 saturated heterocycles. The largest absolute Gasteiger partial charge is 0.314 e. The molecule has 0 aromatic heterocycles. The summed E-state index contributed by atoms with van der Waals surface area (Å²) in [5, 5.41) is 9.35. The van der Waals surface area contributed by atoms with Gasteiger partial charge in [-0.2, -0.15) is 13.8 Å². The van der Waals surface area contributed by atoms with Crippen LogP contribution >= 0.6 is 0 Å². The smallest absolute Gasteiger partial charge is 0.267 e. The first-order chi connectivity index (χ1) is 4.16. The summed E-state index contributed by atoms with van der Waals surface area (Å²) in [6.45, 7) is 1.91. The Hall–Kier alpha value is -0.480. The van der Waals surface area contributed by atoms with Crippen LogP contribution < -0.4 is 0 Å². The highest BCUT2D eigenvalue weighted by Crippen LogP contribution is 1.95. The highest BCUT2D eigenvalue weighted by molar-refractivity contribution is 4.81. The number of nitrogens with zero attached hydrogens (tertiary/aromatic N) is 1. The maximum Gasteiger partial charge on any atom is 0.267 e. The fourth-order valence-electron chi connectivity index (χ4n) is 0.303. The quantitative estimate of drug-likeness (QED) is 0.595. The summed E-state index contributed by atoms with van der Waals surface area (Å²) >= 11 is 0. The van der Waals surface area contributed by atoms with Gasteiger partial charge in [0.05, 0.1) is 0 Å². The highest BCUT2D eigenvalue weighted by Gasteiger charge is 1.93. The van der Waals surface area contributed by atoms with E-state index in [1.807, 2.05) is 0 Å². The van der Waals surface area contributed by atoms with Gasteiger partial charge in [0.25, 0.3) is 6.08 Å². The van der Waals surface area contributed by atoms with Gasteiger partial charge in [-0.15, -0.1) is 0 Å². The minimum Gasteiger partial charge on any atom is -0.314 e. The molecule has 0 unspecified atom stereocenters. The molecule has 1 N–H and O–H groups in total. The van der Waals surface area contributed by atoms with Crippen molar-refractivity contribution in [1.82, 2.24) is 5.06 Å². The SMILES string of the molecule is CCN(O)CC=C(F)F. The molecule has 2 nitrogen and oxygen atoms in total. The molecule has 0 bridgehead atoms. The molecule has 0 atom stereocenters. The van der Waals surface area contributed by atoms with E-state index >= 15 is 0 Å². The molecule has 0 aromatic carbocycles. The molecule has 0 radical (unpaired) electrons. The van der Waals surface area contributed by atoms with Crippen molar-refractivity contribution in [3.8, 4) is 0 Å². The molecular weight excluding hydrogens is 128 g/mol. The number of halogens is 2. The van der Waals surface area contributed by atoms with Crippen molar-refractivity contribution >= 4 is 0 Å². The summed E-state index contributed by atoms with van der Waals surface area (Å²) in [4.78, 5) is 0. The van der Waals surface area contributed by atoms with Gasteiger partial charge in [-0.25, -0.2) is 0 Å². The lowest BCUT2D eigenvalue weighted by atomic mass is 10.6. The molecule has 4 heteroatoms. The van der Waals surface area contributed by atoms with Crippen LogP contribution in [0.25, 0.3) is 0 Å². The van der Waals surface area contributed by atoms with Crippen molar-refractivity contribution in [3.05, 3.63) is 12.2 Å². The Morgan fingerprint density at radius 3 is 2.56 bits per heavy atom. The molecule has 54 valence electrons. The van der Waals surface area contributed by atoms with E-state index in [0.29, 0.717) is 12.6 Å². The fraction of sp³-hybridized carbons (Fsp3) is 0.600. The lowest BCUT2D eigenvalue weighted by molar-refractivity contribution is -0.0759. The number of hydroxylamine groups is 2. The van der Waals surface area contributed by atoms with Crippen molar-refractivity contribution in [3.63, 3.8) is 0 Å².